The van der Waals surface area contributed by atoms with Gasteiger partial charge in [-0.1, -0.05) is 5.92 Å². The van der Waals surface area contributed by atoms with Crippen LogP contribution in [0.2, 0.25) is 0 Å². The highest BCUT2D eigenvalue weighted by molar-refractivity contribution is 7.89. The number of amides is 2. The lowest BCUT2D eigenvalue weighted by Gasteiger charge is -2.41. The predicted molar refractivity (Wildman–Crippen MR) is 119 cm³/mol. The number of hydrogen-bond acceptors (Lipinski definition) is 8. The van der Waals surface area contributed by atoms with Gasteiger partial charge in [0.25, 0.3) is 11.8 Å². The first-order valence-electron chi connectivity index (χ1n) is 10.7. The molecule has 0 aromatic heterocycles. The first-order chi connectivity index (χ1) is 15.9. The van der Waals surface area contributed by atoms with Gasteiger partial charge in [0, 0.05) is 19.6 Å². The highest BCUT2D eigenvalue weighted by Crippen LogP contribution is 2.33. The van der Waals surface area contributed by atoms with E-state index in [1.54, 1.807) is 27.7 Å². The average molecular weight is 496 g/mol. The van der Waals surface area contributed by atoms with Crippen molar-refractivity contribution >= 4 is 21.8 Å². The Kier molecular flexibility index (Phi) is 7.54. The zero-order valence-electron chi connectivity index (χ0n) is 19.5. The summed E-state index contributed by atoms with van der Waals surface area (Å²) < 4.78 is 44.3. The van der Waals surface area contributed by atoms with Gasteiger partial charge in [0.15, 0.2) is 11.4 Å². The van der Waals surface area contributed by atoms with Crippen LogP contribution in [0.5, 0.6) is 5.75 Å². The molecule has 1 aromatic carbocycles. The lowest BCUT2D eigenvalue weighted by Crippen LogP contribution is -2.63. The van der Waals surface area contributed by atoms with Crippen LogP contribution in [-0.4, -0.2) is 84.9 Å². The molecule has 2 aliphatic rings. The zero-order chi connectivity index (χ0) is 25.1. The second kappa shape index (κ2) is 9.89. The van der Waals surface area contributed by atoms with E-state index in [1.807, 2.05) is 0 Å². The molecule has 2 heterocycles. The smallest absolute Gasteiger partial charge is 0.263 e. The molecule has 1 aromatic rings. The van der Waals surface area contributed by atoms with Crippen molar-refractivity contribution in [3.05, 3.63) is 24.3 Å². The zero-order valence-corrected chi connectivity index (χ0v) is 20.3. The quantitative estimate of drug-likeness (QED) is 0.328. The molecule has 0 aliphatic carbocycles. The van der Waals surface area contributed by atoms with Gasteiger partial charge in [-0.05, 0) is 52.0 Å². The minimum absolute atomic E-state index is 0.0203. The summed E-state index contributed by atoms with van der Waals surface area (Å²) in [5.74, 6) is 3.55. The van der Waals surface area contributed by atoms with E-state index in [4.69, 9.17) is 14.2 Å². The molecule has 2 fully saturated rings. The fraction of sp³-hybridized carbons (Fsp3) is 0.545. The molecule has 12 heteroatoms. The highest BCUT2D eigenvalue weighted by atomic mass is 32.2. The molecule has 2 unspecified atom stereocenters. The van der Waals surface area contributed by atoms with E-state index in [9.17, 15) is 23.2 Å². The van der Waals surface area contributed by atoms with Gasteiger partial charge in [-0.3, -0.25) is 14.8 Å². The number of nitrogens with one attached hydrogen (secondary N) is 1. The van der Waals surface area contributed by atoms with Crippen LogP contribution in [0, 0.1) is 11.8 Å². The van der Waals surface area contributed by atoms with E-state index in [0.29, 0.717) is 5.75 Å². The number of rotatable bonds is 6. The minimum Gasteiger partial charge on any atom is -0.481 e. The Morgan fingerprint density at radius 3 is 2.47 bits per heavy atom. The molecule has 186 valence electrons. The summed E-state index contributed by atoms with van der Waals surface area (Å²) >= 11 is 0. The second-order valence-electron chi connectivity index (χ2n) is 8.57. The maximum absolute atomic E-state index is 13.3. The molecule has 2 saturated heterocycles. The van der Waals surface area contributed by atoms with Gasteiger partial charge < -0.3 is 19.1 Å². The average Bonchev–Trinajstić information content (AvgIpc) is 3.11. The maximum Gasteiger partial charge on any atom is 0.263 e. The molecule has 11 nitrogen and oxygen atoms in total. The van der Waals surface area contributed by atoms with Gasteiger partial charge in [-0.25, -0.2) is 13.9 Å². The minimum atomic E-state index is -4.13. The third-order valence-corrected chi connectivity index (χ3v) is 7.49. The molecule has 2 N–H and O–H groups in total. The number of hydroxylamine groups is 1. The number of carbonyl (C=O) groups is 2. The molecule has 0 radical (unpaired) electrons. The van der Waals surface area contributed by atoms with Crippen LogP contribution in [-0.2, 0) is 29.1 Å². The van der Waals surface area contributed by atoms with Gasteiger partial charge in [0.1, 0.15) is 18.4 Å². The summed E-state index contributed by atoms with van der Waals surface area (Å²) in [7, 11) is -4.13. The van der Waals surface area contributed by atoms with E-state index in [0.717, 1.165) is 4.31 Å². The highest BCUT2D eigenvalue weighted by Gasteiger charge is 2.51. The van der Waals surface area contributed by atoms with Crippen molar-refractivity contribution in [3.63, 3.8) is 0 Å². The summed E-state index contributed by atoms with van der Waals surface area (Å²) in [6.45, 7) is 6.44. The molecule has 3 rings (SSSR count). The Labute approximate surface area is 199 Å². The molecule has 2 aliphatic heterocycles. The van der Waals surface area contributed by atoms with Crippen molar-refractivity contribution in [2.24, 2.45) is 0 Å². The number of hydrogen-bond donors (Lipinski definition) is 2. The molecule has 2 amide bonds. The standard InChI is InChI=1S/C22H29N3O8S/c1-5-6-13-31-16-7-9-17(10-8-16)34(29,30)25-12-11-24(14-18(25)19(26)23-28)20(27)22(4)15-32-21(2,3)33-22/h7-10,18,28H,11-15H2,1-4H3,(H,23,26). The van der Waals surface area contributed by atoms with Crippen LogP contribution in [0.4, 0.5) is 0 Å². The van der Waals surface area contributed by atoms with Crippen molar-refractivity contribution in [1.82, 2.24) is 14.7 Å². The molecular weight excluding hydrogens is 466 g/mol. The molecular formula is C22H29N3O8S. The van der Waals surface area contributed by atoms with Gasteiger partial charge in [-0.2, -0.15) is 4.31 Å². The molecule has 0 bridgehead atoms. The van der Waals surface area contributed by atoms with Gasteiger partial charge >= 0.3 is 0 Å². The lowest BCUT2D eigenvalue weighted by atomic mass is 10.0. The van der Waals surface area contributed by atoms with Crippen molar-refractivity contribution in [1.29, 1.82) is 0 Å². The molecule has 34 heavy (non-hydrogen) atoms. The van der Waals surface area contributed by atoms with Gasteiger partial charge in [0.2, 0.25) is 10.0 Å². The Morgan fingerprint density at radius 1 is 1.24 bits per heavy atom. The van der Waals surface area contributed by atoms with Crippen LogP contribution in [0.15, 0.2) is 29.2 Å². The van der Waals surface area contributed by atoms with Crippen LogP contribution >= 0.6 is 0 Å². The van der Waals surface area contributed by atoms with Gasteiger partial charge in [0.05, 0.1) is 11.5 Å². The molecule has 0 spiro atoms. The van der Waals surface area contributed by atoms with Crippen LogP contribution in [0.3, 0.4) is 0 Å². The topological polar surface area (TPSA) is 135 Å². The van der Waals surface area contributed by atoms with E-state index in [-0.39, 0.29) is 37.7 Å². The monoisotopic (exact) mass is 495 g/mol. The number of piperazine rings is 1. The van der Waals surface area contributed by atoms with Crippen LogP contribution in [0.25, 0.3) is 0 Å². The number of sulfonamides is 1. The Balaban J connectivity index is 1.80. The Morgan fingerprint density at radius 2 is 1.91 bits per heavy atom. The third-order valence-electron chi connectivity index (χ3n) is 5.57. The van der Waals surface area contributed by atoms with Crippen molar-refractivity contribution in [3.8, 4) is 17.6 Å². The van der Waals surface area contributed by atoms with Crippen molar-refractivity contribution in [2.75, 3.05) is 32.8 Å². The summed E-state index contributed by atoms with van der Waals surface area (Å²) in [5.41, 5.74) is 0.231. The van der Waals surface area contributed by atoms with Crippen molar-refractivity contribution in [2.45, 2.75) is 50.0 Å². The number of carbonyl (C=O) groups excluding carboxylic acids is 2. The fourth-order valence-corrected chi connectivity index (χ4v) is 5.48. The summed E-state index contributed by atoms with van der Waals surface area (Å²) in [6.07, 6.45) is 0. The Hall–Kier alpha value is -2.69. The number of ether oxygens (including phenoxy) is 3. The molecule has 0 saturated carbocycles. The number of nitrogens with zero attached hydrogens (tertiary/aromatic N) is 2. The van der Waals surface area contributed by atoms with E-state index < -0.39 is 39.3 Å². The second-order valence-corrected chi connectivity index (χ2v) is 10.5. The number of benzene rings is 1. The SMILES string of the molecule is CC#CCOc1ccc(S(=O)(=O)N2CCN(C(=O)C3(C)COC(C)(C)O3)CC2C(=O)NO)cc1. The maximum atomic E-state index is 13.3. The summed E-state index contributed by atoms with van der Waals surface area (Å²) in [4.78, 5) is 26.9. The first-order valence-corrected chi connectivity index (χ1v) is 12.1. The summed E-state index contributed by atoms with van der Waals surface area (Å²) in [5, 5.41) is 9.24. The van der Waals surface area contributed by atoms with E-state index >= 15 is 0 Å². The largest absolute Gasteiger partial charge is 0.481 e. The first kappa shape index (κ1) is 25.9. The van der Waals surface area contributed by atoms with Crippen molar-refractivity contribution < 1.29 is 37.4 Å². The normalized spacial score (nSPS) is 24.7. The van der Waals surface area contributed by atoms with Crippen LogP contribution < -0.4 is 10.2 Å². The fourth-order valence-electron chi connectivity index (χ4n) is 3.91. The van der Waals surface area contributed by atoms with Gasteiger partial charge in [-0.15, -0.1) is 5.92 Å². The van der Waals surface area contributed by atoms with E-state index in [1.165, 1.54) is 34.6 Å². The molecule has 2 atom stereocenters. The van der Waals surface area contributed by atoms with Crippen LogP contribution in [0.1, 0.15) is 27.7 Å². The predicted octanol–water partition coefficient (Wildman–Crippen LogP) is 0.337. The van der Waals surface area contributed by atoms with E-state index in [2.05, 4.69) is 11.8 Å². The third kappa shape index (κ3) is 5.34. The Bertz CT molecular complexity index is 1090. The summed E-state index contributed by atoms with van der Waals surface area (Å²) in [6, 6.07) is 4.36. The lowest BCUT2D eigenvalue weighted by molar-refractivity contribution is -0.178.